The van der Waals surface area contributed by atoms with Gasteiger partial charge in [0.15, 0.2) is 0 Å². The molecule has 3 rings (SSSR count). The normalized spacial score (nSPS) is 14.6. The average molecular weight is 371 g/mol. The monoisotopic (exact) mass is 371 g/mol. The van der Waals surface area contributed by atoms with Crippen LogP contribution in [0.25, 0.3) is 0 Å². The van der Waals surface area contributed by atoms with Crippen LogP contribution in [0.2, 0.25) is 0 Å². The lowest BCUT2D eigenvalue weighted by molar-refractivity contribution is -0.129. The van der Waals surface area contributed by atoms with E-state index in [1.165, 1.54) is 11.3 Å². The molecule has 0 bridgehead atoms. The molecule has 136 valence electrons. The van der Waals surface area contributed by atoms with Crippen LogP contribution in [0.15, 0.2) is 47.8 Å². The first-order chi connectivity index (χ1) is 12.6. The van der Waals surface area contributed by atoms with Gasteiger partial charge in [0.25, 0.3) is 11.8 Å². The minimum absolute atomic E-state index is 0.0201. The van der Waals surface area contributed by atoms with Gasteiger partial charge in [-0.25, -0.2) is 0 Å². The predicted octanol–water partition coefficient (Wildman–Crippen LogP) is 1.85. The second-order valence-electron chi connectivity index (χ2n) is 6.05. The van der Waals surface area contributed by atoms with E-state index in [1.807, 2.05) is 23.6 Å². The SMILES string of the molecule is O=C(NCC(=O)N1CCCN(C(=O)c2cccs2)CC1)c1ccccc1. The number of carbonyl (C=O) groups is 3. The number of nitrogens with one attached hydrogen (secondary N) is 1. The quantitative estimate of drug-likeness (QED) is 0.892. The molecule has 1 N–H and O–H groups in total. The van der Waals surface area contributed by atoms with E-state index in [4.69, 9.17) is 0 Å². The van der Waals surface area contributed by atoms with Crippen molar-refractivity contribution in [3.63, 3.8) is 0 Å². The summed E-state index contributed by atoms with van der Waals surface area (Å²) in [6.07, 6.45) is 0.732. The van der Waals surface area contributed by atoms with E-state index >= 15 is 0 Å². The van der Waals surface area contributed by atoms with Crippen molar-refractivity contribution in [3.05, 3.63) is 58.3 Å². The summed E-state index contributed by atoms with van der Waals surface area (Å²) in [5.74, 6) is -0.366. The average Bonchev–Trinajstić information content (AvgIpc) is 3.10. The highest BCUT2D eigenvalue weighted by Crippen LogP contribution is 2.14. The molecular weight excluding hydrogens is 350 g/mol. The van der Waals surface area contributed by atoms with E-state index in [-0.39, 0.29) is 24.3 Å². The Balaban J connectivity index is 1.50. The molecule has 26 heavy (non-hydrogen) atoms. The molecule has 1 saturated heterocycles. The lowest BCUT2D eigenvalue weighted by Gasteiger charge is -2.22. The molecule has 2 aromatic rings. The van der Waals surface area contributed by atoms with Crippen LogP contribution in [0, 0.1) is 0 Å². The maximum absolute atomic E-state index is 12.4. The molecule has 0 spiro atoms. The Morgan fingerprint density at radius 2 is 1.65 bits per heavy atom. The van der Waals surface area contributed by atoms with Crippen molar-refractivity contribution in [1.82, 2.24) is 15.1 Å². The first-order valence-electron chi connectivity index (χ1n) is 8.59. The summed E-state index contributed by atoms with van der Waals surface area (Å²) < 4.78 is 0. The Labute approximate surface area is 156 Å². The largest absolute Gasteiger partial charge is 0.343 e. The Bertz CT molecular complexity index is 762. The number of hydrogen-bond donors (Lipinski definition) is 1. The number of amides is 3. The Morgan fingerprint density at radius 1 is 0.923 bits per heavy atom. The van der Waals surface area contributed by atoms with Gasteiger partial charge in [-0.05, 0) is 30.0 Å². The van der Waals surface area contributed by atoms with Crippen molar-refractivity contribution in [1.29, 1.82) is 0 Å². The smallest absolute Gasteiger partial charge is 0.263 e. The summed E-state index contributed by atoms with van der Waals surface area (Å²) in [6.45, 7) is 2.18. The fourth-order valence-electron chi connectivity index (χ4n) is 2.89. The van der Waals surface area contributed by atoms with Crippen LogP contribution in [0.4, 0.5) is 0 Å². The molecule has 0 atom stereocenters. The summed E-state index contributed by atoms with van der Waals surface area (Å²) >= 11 is 1.43. The Morgan fingerprint density at radius 3 is 2.38 bits per heavy atom. The van der Waals surface area contributed by atoms with E-state index < -0.39 is 0 Å². The molecule has 1 fully saturated rings. The molecule has 0 aliphatic carbocycles. The van der Waals surface area contributed by atoms with Crippen molar-refractivity contribution >= 4 is 29.1 Å². The second-order valence-corrected chi connectivity index (χ2v) is 7.00. The van der Waals surface area contributed by atoms with Crippen molar-refractivity contribution in [3.8, 4) is 0 Å². The fourth-order valence-corrected chi connectivity index (χ4v) is 3.58. The van der Waals surface area contributed by atoms with Crippen molar-refractivity contribution in [2.24, 2.45) is 0 Å². The maximum atomic E-state index is 12.4. The van der Waals surface area contributed by atoms with Crippen LogP contribution in [-0.2, 0) is 4.79 Å². The number of rotatable bonds is 4. The molecule has 0 radical (unpaired) electrons. The molecule has 0 saturated carbocycles. The Kier molecular flexibility index (Phi) is 6.01. The van der Waals surface area contributed by atoms with Crippen molar-refractivity contribution in [2.45, 2.75) is 6.42 Å². The van der Waals surface area contributed by atoms with Gasteiger partial charge in [-0.3, -0.25) is 14.4 Å². The van der Waals surface area contributed by atoms with Gasteiger partial charge in [-0.1, -0.05) is 24.3 Å². The third-order valence-electron chi connectivity index (χ3n) is 4.30. The van der Waals surface area contributed by atoms with E-state index in [2.05, 4.69) is 5.32 Å². The van der Waals surface area contributed by atoms with Gasteiger partial charge in [0.2, 0.25) is 5.91 Å². The van der Waals surface area contributed by atoms with Crippen molar-refractivity contribution in [2.75, 3.05) is 32.7 Å². The van der Waals surface area contributed by atoms with Crippen molar-refractivity contribution < 1.29 is 14.4 Å². The lowest BCUT2D eigenvalue weighted by Crippen LogP contribution is -2.42. The summed E-state index contributed by atoms with van der Waals surface area (Å²) in [6, 6.07) is 12.5. The highest BCUT2D eigenvalue weighted by Gasteiger charge is 2.23. The summed E-state index contributed by atoms with van der Waals surface area (Å²) in [7, 11) is 0. The first-order valence-corrected chi connectivity index (χ1v) is 9.47. The number of benzene rings is 1. The highest BCUT2D eigenvalue weighted by molar-refractivity contribution is 7.12. The fraction of sp³-hybridized carbons (Fsp3) is 0.316. The number of carbonyl (C=O) groups excluding carboxylic acids is 3. The molecule has 1 aliphatic rings. The van der Waals surface area contributed by atoms with Gasteiger partial charge in [0.05, 0.1) is 11.4 Å². The van der Waals surface area contributed by atoms with Crippen LogP contribution >= 0.6 is 11.3 Å². The molecule has 0 unspecified atom stereocenters. The molecule has 1 aromatic heterocycles. The zero-order chi connectivity index (χ0) is 18.4. The first kappa shape index (κ1) is 18.1. The Hall–Kier alpha value is -2.67. The van der Waals surface area contributed by atoms with Gasteiger partial charge in [-0.15, -0.1) is 11.3 Å². The molecular formula is C19H21N3O3S. The summed E-state index contributed by atoms with van der Waals surface area (Å²) in [4.78, 5) is 41.1. The maximum Gasteiger partial charge on any atom is 0.263 e. The third-order valence-corrected chi connectivity index (χ3v) is 5.16. The minimum atomic E-state index is -0.261. The van der Waals surface area contributed by atoms with Gasteiger partial charge in [-0.2, -0.15) is 0 Å². The predicted molar refractivity (Wildman–Crippen MR) is 100 cm³/mol. The van der Waals surface area contributed by atoms with E-state index in [0.717, 1.165) is 11.3 Å². The molecule has 1 aromatic carbocycles. The molecule has 7 heteroatoms. The molecule has 1 aliphatic heterocycles. The zero-order valence-corrected chi connectivity index (χ0v) is 15.2. The highest BCUT2D eigenvalue weighted by atomic mass is 32.1. The van der Waals surface area contributed by atoms with E-state index in [1.54, 1.807) is 34.1 Å². The second kappa shape index (κ2) is 8.62. The minimum Gasteiger partial charge on any atom is -0.343 e. The zero-order valence-electron chi connectivity index (χ0n) is 14.4. The van der Waals surface area contributed by atoms with Crippen LogP contribution in [0.1, 0.15) is 26.5 Å². The van der Waals surface area contributed by atoms with Crippen LogP contribution in [0.5, 0.6) is 0 Å². The lowest BCUT2D eigenvalue weighted by atomic mass is 10.2. The van der Waals surface area contributed by atoms with E-state index in [0.29, 0.717) is 31.7 Å². The summed E-state index contributed by atoms with van der Waals surface area (Å²) in [5.41, 5.74) is 0.531. The van der Waals surface area contributed by atoms with Crippen LogP contribution < -0.4 is 5.32 Å². The molecule has 2 heterocycles. The number of nitrogens with zero attached hydrogens (tertiary/aromatic N) is 2. The topological polar surface area (TPSA) is 69.7 Å². The van der Waals surface area contributed by atoms with Gasteiger partial charge >= 0.3 is 0 Å². The molecule has 3 amide bonds. The van der Waals surface area contributed by atoms with Gasteiger partial charge in [0, 0.05) is 31.7 Å². The molecule has 6 nitrogen and oxygen atoms in total. The van der Waals surface area contributed by atoms with Gasteiger partial charge < -0.3 is 15.1 Å². The van der Waals surface area contributed by atoms with E-state index in [9.17, 15) is 14.4 Å². The third kappa shape index (κ3) is 4.49. The summed E-state index contributed by atoms with van der Waals surface area (Å²) in [5, 5.41) is 4.55. The number of hydrogen-bond acceptors (Lipinski definition) is 4. The van der Waals surface area contributed by atoms with Crippen LogP contribution in [0.3, 0.4) is 0 Å². The van der Waals surface area contributed by atoms with Gasteiger partial charge in [0.1, 0.15) is 0 Å². The standard InChI is InChI=1S/C19H21N3O3S/c23-17(14-20-18(24)15-6-2-1-3-7-15)21-9-5-10-22(12-11-21)19(25)16-8-4-13-26-16/h1-4,6-8,13H,5,9-12,14H2,(H,20,24). The number of thiophene rings is 1. The van der Waals surface area contributed by atoms with Crippen LogP contribution in [-0.4, -0.2) is 60.2 Å².